The average Bonchev–Trinajstić information content (AvgIpc) is 3.10. The fourth-order valence-electron chi connectivity index (χ4n) is 2.21. The van der Waals surface area contributed by atoms with E-state index in [1.54, 1.807) is 23.4 Å². The smallest absolute Gasteiger partial charge is 0.347 e. The van der Waals surface area contributed by atoms with Gasteiger partial charge in [0, 0.05) is 4.90 Å². The third-order valence-corrected chi connectivity index (χ3v) is 5.26. The first-order chi connectivity index (χ1) is 11.0. The number of rotatable bonds is 4. The van der Waals surface area contributed by atoms with Crippen molar-refractivity contribution in [3.63, 3.8) is 0 Å². The van der Waals surface area contributed by atoms with E-state index in [-0.39, 0.29) is 4.88 Å². The summed E-state index contributed by atoms with van der Waals surface area (Å²) in [6.45, 7) is 3.59. The molecule has 1 aromatic carbocycles. The molecule has 0 fully saturated rings. The number of carboxylic acid groups (broad SMARTS) is 1. The molecule has 0 atom stereocenters. The summed E-state index contributed by atoms with van der Waals surface area (Å²) in [4.78, 5) is 16.9. The first kappa shape index (κ1) is 15.7. The third kappa shape index (κ3) is 2.87. The van der Waals surface area contributed by atoms with E-state index in [4.69, 9.17) is 5.11 Å². The molecule has 0 amide bonds. The van der Waals surface area contributed by atoms with Crippen LogP contribution in [-0.4, -0.2) is 37.3 Å². The summed E-state index contributed by atoms with van der Waals surface area (Å²) in [6.07, 6.45) is 2.02. The molecule has 0 aliphatic carbocycles. The van der Waals surface area contributed by atoms with Crippen molar-refractivity contribution in [1.82, 2.24) is 20.0 Å². The number of carboxylic acids is 1. The molecule has 6 nitrogen and oxygen atoms in total. The highest BCUT2D eigenvalue weighted by Gasteiger charge is 2.20. The van der Waals surface area contributed by atoms with Crippen LogP contribution in [0.2, 0.25) is 0 Å². The predicted octanol–water partition coefficient (Wildman–Crippen LogP) is 3.43. The molecular weight excluding hydrogens is 332 g/mol. The molecule has 0 aliphatic rings. The molecule has 0 aliphatic heterocycles. The number of aromatic nitrogens is 4. The predicted molar refractivity (Wildman–Crippen MR) is 90.7 cm³/mol. The lowest BCUT2D eigenvalue weighted by Crippen LogP contribution is -1.99. The number of carbonyl (C=O) groups is 1. The average molecular weight is 346 g/mol. The van der Waals surface area contributed by atoms with Gasteiger partial charge in [-0.3, -0.25) is 0 Å². The minimum Gasteiger partial charge on any atom is -0.477 e. The van der Waals surface area contributed by atoms with E-state index in [0.29, 0.717) is 16.4 Å². The van der Waals surface area contributed by atoms with Crippen molar-refractivity contribution in [2.75, 3.05) is 6.26 Å². The number of hydrogen-bond donors (Lipinski definition) is 1. The molecule has 118 valence electrons. The van der Waals surface area contributed by atoms with Gasteiger partial charge in [-0.25, -0.2) is 14.5 Å². The monoisotopic (exact) mass is 346 g/mol. The Morgan fingerprint density at radius 1 is 1.35 bits per heavy atom. The molecule has 0 bridgehead atoms. The van der Waals surface area contributed by atoms with E-state index < -0.39 is 5.97 Å². The van der Waals surface area contributed by atoms with Crippen LogP contribution in [0.25, 0.3) is 16.4 Å². The van der Waals surface area contributed by atoms with Crippen molar-refractivity contribution < 1.29 is 9.90 Å². The van der Waals surface area contributed by atoms with Gasteiger partial charge in [0.25, 0.3) is 0 Å². The Kier molecular flexibility index (Phi) is 4.18. The summed E-state index contributed by atoms with van der Waals surface area (Å²) in [7, 11) is 0. The SMILES string of the molecule is CSc1cccc(-n2nnc(-c3nc(C)c(C(=O)O)s3)c2C)c1. The summed E-state index contributed by atoms with van der Waals surface area (Å²) in [5.41, 5.74) is 2.85. The summed E-state index contributed by atoms with van der Waals surface area (Å²) in [5, 5.41) is 18.1. The van der Waals surface area contributed by atoms with E-state index in [2.05, 4.69) is 15.3 Å². The van der Waals surface area contributed by atoms with Gasteiger partial charge in [-0.2, -0.15) is 0 Å². The van der Waals surface area contributed by atoms with Gasteiger partial charge in [0.15, 0.2) is 0 Å². The van der Waals surface area contributed by atoms with Crippen LogP contribution in [0.15, 0.2) is 29.2 Å². The van der Waals surface area contributed by atoms with Gasteiger partial charge < -0.3 is 5.11 Å². The largest absolute Gasteiger partial charge is 0.477 e. The minimum absolute atomic E-state index is 0.235. The second kappa shape index (κ2) is 6.13. The molecule has 0 radical (unpaired) electrons. The summed E-state index contributed by atoms with van der Waals surface area (Å²) >= 11 is 2.78. The number of aromatic carboxylic acids is 1. The van der Waals surface area contributed by atoms with Crippen LogP contribution in [0.4, 0.5) is 0 Å². The van der Waals surface area contributed by atoms with Crippen molar-refractivity contribution >= 4 is 29.1 Å². The third-order valence-electron chi connectivity index (χ3n) is 3.39. The molecule has 23 heavy (non-hydrogen) atoms. The second-order valence-corrected chi connectivity index (χ2v) is 6.75. The Bertz CT molecular complexity index is 885. The van der Waals surface area contributed by atoms with Crippen molar-refractivity contribution in [2.45, 2.75) is 18.7 Å². The Morgan fingerprint density at radius 2 is 2.13 bits per heavy atom. The Labute approximate surface area is 141 Å². The van der Waals surface area contributed by atoms with Gasteiger partial charge >= 0.3 is 5.97 Å². The van der Waals surface area contributed by atoms with Gasteiger partial charge in [-0.1, -0.05) is 11.3 Å². The number of thioether (sulfide) groups is 1. The minimum atomic E-state index is -0.969. The zero-order chi connectivity index (χ0) is 16.6. The van der Waals surface area contributed by atoms with Crippen molar-refractivity contribution in [3.05, 3.63) is 40.5 Å². The fraction of sp³-hybridized carbons (Fsp3) is 0.200. The maximum Gasteiger partial charge on any atom is 0.347 e. The number of benzene rings is 1. The van der Waals surface area contributed by atoms with Crippen LogP contribution in [0.3, 0.4) is 0 Å². The number of hydrogen-bond acceptors (Lipinski definition) is 6. The number of nitrogens with zero attached hydrogens (tertiary/aromatic N) is 4. The quantitative estimate of drug-likeness (QED) is 0.729. The first-order valence-electron chi connectivity index (χ1n) is 6.79. The molecule has 3 aromatic rings. The first-order valence-corrected chi connectivity index (χ1v) is 8.83. The molecular formula is C15H14N4O2S2. The lowest BCUT2D eigenvalue weighted by molar-refractivity contribution is 0.0701. The van der Waals surface area contributed by atoms with E-state index >= 15 is 0 Å². The lowest BCUT2D eigenvalue weighted by atomic mass is 10.3. The van der Waals surface area contributed by atoms with E-state index in [0.717, 1.165) is 27.6 Å². The van der Waals surface area contributed by atoms with Crippen LogP contribution < -0.4 is 0 Å². The van der Waals surface area contributed by atoms with Crippen LogP contribution in [-0.2, 0) is 0 Å². The molecule has 2 heterocycles. The van der Waals surface area contributed by atoms with E-state index in [1.165, 1.54) is 0 Å². The highest BCUT2D eigenvalue weighted by atomic mass is 32.2. The Morgan fingerprint density at radius 3 is 2.78 bits per heavy atom. The topological polar surface area (TPSA) is 80.9 Å². The summed E-state index contributed by atoms with van der Waals surface area (Å²) in [6, 6.07) is 8.00. The molecule has 0 saturated carbocycles. The van der Waals surface area contributed by atoms with Crippen molar-refractivity contribution in [2.24, 2.45) is 0 Å². The maximum atomic E-state index is 11.2. The Balaban J connectivity index is 2.05. The summed E-state index contributed by atoms with van der Waals surface area (Å²) in [5.74, 6) is -0.969. The Hall–Kier alpha value is -2.19. The fourth-order valence-corrected chi connectivity index (χ4v) is 3.61. The summed E-state index contributed by atoms with van der Waals surface area (Å²) < 4.78 is 1.74. The van der Waals surface area contributed by atoms with Crippen LogP contribution >= 0.6 is 23.1 Å². The lowest BCUT2D eigenvalue weighted by Gasteiger charge is -2.04. The molecule has 0 unspecified atom stereocenters. The van der Waals surface area contributed by atoms with Gasteiger partial charge in [0.2, 0.25) is 0 Å². The maximum absolute atomic E-state index is 11.2. The van der Waals surface area contributed by atoms with Gasteiger partial charge in [0.1, 0.15) is 15.6 Å². The van der Waals surface area contributed by atoms with E-state index in [1.807, 2.05) is 37.4 Å². The van der Waals surface area contributed by atoms with Crippen molar-refractivity contribution in [1.29, 1.82) is 0 Å². The molecule has 0 saturated heterocycles. The molecule has 2 aromatic heterocycles. The molecule has 3 rings (SSSR count). The second-order valence-electron chi connectivity index (χ2n) is 4.88. The van der Waals surface area contributed by atoms with Gasteiger partial charge in [-0.15, -0.1) is 28.2 Å². The molecule has 8 heteroatoms. The van der Waals surface area contributed by atoms with Crippen LogP contribution in [0.5, 0.6) is 0 Å². The number of aryl methyl sites for hydroxylation is 1. The zero-order valence-electron chi connectivity index (χ0n) is 12.8. The molecule has 0 spiro atoms. The standard InChI is InChI=1S/C15H14N4O2S2/c1-8-13(15(20)21)23-14(16-8)12-9(2)19(18-17-12)10-5-4-6-11(7-10)22-3/h4-7H,1-3H3,(H,20,21). The highest BCUT2D eigenvalue weighted by Crippen LogP contribution is 2.29. The van der Waals surface area contributed by atoms with Crippen molar-refractivity contribution in [3.8, 4) is 16.4 Å². The van der Waals surface area contributed by atoms with E-state index in [9.17, 15) is 4.79 Å². The zero-order valence-corrected chi connectivity index (χ0v) is 14.4. The van der Waals surface area contributed by atoms with Gasteiger partial charge in [0.05, 0.1) is 17.1 Å². The van der Waals surface area contributed by atoms with Gasteiger partial charge in [-0.05, 0) is 38.3 Å². The molecule has 1 N–H and O–H groups in total. The number of thiazole rings is 1. The normalized spacial score (nSPS) is 10.9. The highest BCUT2D eigenvalue weighted by molar-refractivity contribution is 7.98. The van der Waals surface area contributed by atoms with Crippen LogP contribution in [0.1, 0.15) is 21.1 Å². The van der Waals surface area contributed by atoms with Crippen LogP contribution in [0, 0.1) is 13.8 Å².